The van der Waals surface area contributed by atoms with Gasteiger partial charge in [-0.15, -0.1) is 11.8 Å². The van der Waals surface area contributed by atoms with Gasteiger partial charge >= 0.3 is 0 Å². The van der Waals surface area contributed by atoms with Crippen molar-refractivity contribution in [2.24, 2.45) is 0 Å². The summed E-state index contributed by atoms with van der Waals surface area (Å²) in [7, 11) is 0. The molecule has 0 N–H and O–H groups in total. The Balaban J connectivity index is 1.56. The molecule has 3 aromatic rings. The van der Waals surface area contributed by atoms with Crippen LogP contribution in [0.15, 0.2) is 95.9 Å². The van der Waals surface area contributed by atoms with E-state index >= 15 is 0 Å². The van der Waals surface area contributed by atoms with Gasteiger partial charge in [0.05, 0.1) is 0 Å². The summed E-state index contributed by atoms with van der Waals surface area (Å²) in [6, 6.07) is 26.2. The molecule has 0 unspecified atom stereocenters. The summed E-state index contributed by atoms with van der Waals surface area (Å²) in [4.78, 5) is 1.00. The molecule has 0 aromatic heterocycles. The zero-order chi connectivity index (χ0) is 23.0. The highest BCUT2D eigenvalue weighted by molar-refractivity contribution is 8.00. The molecule has 168 valence electrons. The molecule has 4 heteroatoms. The first-order valence-corrected chi connectivity index (χ1v) is 11.7. The Morgan fingerprint density at radius 3 is 2.12 bits per heavy atom. The minimum Gasteiger partial charge on any atom is -0.489 e. The first-order chi connectivity index (χ1) is 15.3. The van der Waals surface area contributed by atoms with E-state index in [4.69, 9.17) is 4.74 Å². The number of hydrogen-bond acceptors (Lipinski definition) is 2. The van der Waals surface area contributed by atoms with E-state index in [9.17, 15) is 8.78 Å². The van der Waals surface area contributed by atoms with Crippen LogP contribution in [0, 0.1) is 0 Å². The second-order valence-electron chi connectivity index (χ2n) is 8.84. The molecule has 1 atom stereocenters. The Morgan fingerprint density at radius 2 is 1.53 bits per heavy atom. The monoisotopic (exact) mass is 452 g/mol. The van der Waals surface area contributed by atoms with Crippen LogP contribution in [0.1, 0.15) is 43.9 Å². The SMILES string of the molecule is CC(C)(C)c1ccc(S[C@@H](C=C(F)F)CCc2ccc(OCc3ccccc3)cc2)cc1. The molecule has 0 saturated carbocycles. The van der Waals surface area contributed by atoms with Crippen molar-refractivity contribution in [1.82, 2.24) is 0 Å². The van der Waals surface area contributed by atoms with E-state index in [0.29, 0.717) is 13.0 Å². The highest BCUT2D eigenvalue weighted by atomic mass is 32.2. The third-order valence-corrected chi connectivity index (χ3v) is 6.43. The molecule has 3 aromatic carbocycles. The fourth-order valence-electron chi connectivity index (χ4n) is 3.33. The number of benzene rings is 3. The maximum atomic E-state index is 13.0. The van der Waals surface area contributed by atoms with Gasteiger partial charge in [0.1, 0.15) is 12.4 Å². The molecular weight excluding hydrogens is 422 g/mol. The first kappa shape index (κ1) is 24.1. The van der Waals surface area contributed by atoms with Crippen molar-refractivity contribution < 1.29 is 13.5 Å². The van der Waals surface area contributed by atoms with Crippen LogP contribution >= 0.6 is 11.8 Å². The predicted molar refractivity (Wildman–Crippen MR) is 131 cm³/mol. The zero-order valence-corrected chi connectivity index (χ0v) is 19.7. The van der Waals surface area contributed by atoms with Crippen molar-refractivity contribution >= 4 is 11.8 Å². The summed E-state index contributed by atoms with van der Waals surface area (Å²) in [6.07, 6.45) is 0.798. The second kappa shape index (κ2) is 11.3. The van der Waals surface area contributed by atoms with E-state index < -0.39 is 6.08 Å². The Bertz CT molecular complexity index is 986. The van der Waals surface area contributed by atoms with Gasteiger partial charge < -0.3 is 4.74 Å². The van der Waals surface area contributed by atoms with Crippen molar-refractivity contribution in [3.05, 3.63) is 108 Å². The lowest BCUT2D eigenvalue weighted by Crippen LogP contribution is -2.10. The summed E-state index contributed by atoms with van der Waals surface area (Å²) in [6.45, 7) is 7.01. The van der Waals surface area contributed by atoms with Gasteiger partial charge in [0.15, 0.2) is 0 Å². The number of aryl methyl sites for hydroxylation is 1. The van der Waals surface area contributed by atoms with Crippen LogP contribution in [0.4, 0.5) is 8.78 Å². The number of hydrogen-bond donors (Lipinski definition) is 0. The first-order valence-electron chi connectivity index (χ1n) is 10.9. The molecular formula is C28H30F2OS. The molecule has 3 rings (SSSR count). The van der Waals surface area contributed by atoms with Crippen molar-refractivity contribution in [2.75, 3.05) is 0 Å². The van der Waals surface area contributed by atoms with E-state index in [1.807, 2.05) is 66.7 Å². The molecule has 0 radical (unpaired) electrons. The lowest BCUT2D eigenvalue weighted by molar-refractivity contribution is 0.306. The molecule has 0 heterocycles. The highest BCUT2D eigenvalue weighted by Crippen LogP contribution is 2.31. The number of thioether (sulfide) groups is 1. The fraction of sp³-hybridized carbons (Fsp3) is 0.286. The topological polar surface area (TPSA) is 9.23 Å². The van der Waals surface area contributed by atoms with Gasteiger partial charge in [-0.1, -0.05) is 75.4 Å². The second-order valence-corrected chi connectivity index (χ2v) is 10.2. The van der Waals surface area contributed by atoms with Crippen LogP contribution in [-0.4, -0.2) is 5.25 Å². The lowest BCUT2D eigenvalue weighted by atomic mass is 9.87. The van der Waals surface area contributed by atoms with Crippen LogP contribution in [-0.2, 0) is 18.4 Å². The largest absolute Gasteiger partial charge is 0.489 e. The van der Waals surface area contributed by atoms with Gasteiger partial charge in [-0.05, 0) is 65.3 Å². The maximum absolute atomic E-state index is 13.0. The van der Waals surface area contributed by atoms with E-state index in [-0.39, 0.29) is 10.7 Å². The van der Waals surface area contributed by atoms with Crippen LogP contribution < -0.4 is 4.74 Å². The molecule has 0 spiro atoms. The van der Waals surface area contributed by atoms with E-state index in [0.717, 1.165) is 34.3 Å². The van der Waals surface area contributed by atoms with Crippen molar-refractivity contribution in [1.29, 1.82) is 0 Å². The quantitative estimate of drug-likeness (QED) is 0.301. The average Bonchev–Trinajstić information content (AvgIpc) is 2.77. The molecule has 0 fully saturated rings. The van der Waals surface area contributed by atoms with Crippen LogP contribution in [0.2, 0.25) is 0 Å². The van der Waals surface area contributed by atoms with Gasteiger partial charge in [-0.25, -0.2) is 0 Å². The minimum atomic E-state index is -1.63. The lowest BCUT2D eigenvalue weighted by Gasteiger charge is -2.19. The number of halogens is 2. The number of ether oxygens (including phenoxy) is 1. The van der Waals surface area contributed by atoms with Gasteiger partial charge in [-0.2, -0.15) is 8.78 Å². The Hall–Kier alpha value is -2.59. The van der Waals surface area contributed by atoms with E-state index in [1.165, 1.54) is 17.3 Å². The average molecular weight is 453 g/mol. The maximum Gasteiger partial charge on any atom is 0.267 e. The number of rotatable bonds is 9. The Kier molecular flexibility index (Phi) is 8.52. The summed E-state index contributed by atoms with van der Waals surface area (Å²) in [5.74, 6) is 0.803. The van der Waals surface area contributed by atoms with Gasteiger partial charge in [0, 0.05) is 10.1 Å². The highest BCUT2D eigenvalue weighted by Gasteiger charge is 2.15. The summed E-state index contributed by atoms with van der Waals surface area (Å²) in [5.41, 5.74) is 3.54. The predicted octanol–water partition coefficient (Wildman–Crippen LogP) is 8.44. The van der Waals surface area contributed by atoms with Crippen LogP contribution in [0.3, 0.4) is 0 Å². The summed E-state index contributed by atoms with van der Waals surface area (Å²) in [5, 5.41) is -0.283. The third-order valence-electron chi connectivity index (χ3n) is 5.21. The van der Waals surface area contributed by atoms with E-state index in [1.54, 1.807) is 0 Å². The standard InChI is InChI=1S/C28H30F2OS/c1-28(2,3)23-12-17-25(18-13-23)32-26(19-27(29)30)16-11-21-9-14-24(15-10-21)31-20-22-7-5-4-6-8-22/h4-10,12-15,17-19,26H,11,16,20H2,1-3H3/t26-/m1/s1. The van der Waals surface area contributed by atoms with Crippen LogP contribution in [0.5, 0.6) is 5.75 Å². The summed E-state index contributed by atoms with van der Waals surface area (Å²) >= 11 is 1.48. The molecule has 1 nitrogen and oxygen atoms in total. The van der Waals surface area contributed by atoms with Crippen molar-refractivity contribution in [2.45, 2.75) is 55.8 Å². The molecule has 0 aliphatic heterocycles. The van der Waals surface area contributed by atoms with E-state index in [2.05, 4.69) is 32.9 Å². The smallest absolute Gasteiger partial charge is 0.267 e. The van der Waals surface area contributed by atoms with Crippen LogP contribution in [0.25, 0.3) is 0 Å². The molecule has 0 bridgehead atoms. The fourth-order valence-corrected chi connectivity index (χ4v) is 4.38. The van der Waals surface area contributed by atoms with Gasteiger partial charge in [0.25, 0.3) is 6.08 Å². The molecule has 0 saturated heterocycles. The Morgan fingerprint density at radius 1 is 0.875 bits per heavy atom. The normalized spacial score (nSPS) is 12.3. The molecule has 0 amide bonds. The molecule has 0 aliphatic rings. The molecule has 0 aliphatic carbocycles. The third kappa shape index (κ3) is 7.83. The zero-order valence-electron chi connectivity index (χ0n) is 18.9. The minimum absolute atomic E-state index is 0.0739. The van der Waals surface area contributed by atoms with Gasteiger partial charge in [-0.3, -0.25) is 0 Å². The van der Waals surface area contributed by atoms with Gasteiger partial charge in [0.2, 0.25) is 0 Å². The van der Waals surface area contributed by atoms with Crippen molar-refractivity contribution in [3.63, 3.8) is 0 Å². The Labute approximate surface area is 194 Å². The summed E-state index contributed by atoms with van der Waals surface area (Å²) < 4.78 is 31.9. The molecule has 32 heavy (non-hydrogen) atoms. The van der Waals surface area contributed by atoms with Crippen molar-refractivity contribution in [3.8, 4) is 5.75 Å².